The number of nitrogens with two attached hydrogens (primary N) is 1. The molecule has 128 valence electrons. The van der Waals surface area contributed by atoms with Crippen molar-refractivity contribution in [3.05, 3.63) is 53.6 Å². The van der Waals surface area contributed by atoms with Crippen molar-refractivity contribution in [2.75, 3.05) is 18.4 Å². The van der Waals surface area contributed by atoms with Crippen LogP contribution in [0.25, 0.3) is 0 Å². The maximum atomic E-state index is 12.1. The zero-order valence-electron chi connectivity index (χ0n) is 14.0. The van der Waals surface area contributed by atoms with Crippen molar-refractivity contribution >= 4 is 17.5 Å². The van der Waals surface area contributed by atoms with Gasteiger partial charge in [-0.1, -0.05) is 35.9 Å². The molecular formula is C19H25N3O2. The summed E-state index contributed by atoms with van der Waals surface area (Å²) in [4.78, 5) is 23.7. The molecule has 0 bridgehead atoms. The Labute approximate surface area is 143 Å². The van der Waals surface area contributed by atoms with Gasteiger partial charge in [0.1, 0.15) is 0 Å². The maximum Gasteiger partial charge on any atom is 0.224 e. The number of anilines is 1. The molecule has 0 saturated carbocycles. The summed E-state index contributed by atoms with van der Waals surface area (Å²) in [7, 11) is 0. The van der Waals surface area contributed by atoms with Crippen LogP contribution in [-0.4, -0.2) is 24.9 Å². The number of hydrogen-bond donors (Lipinski definition) is 3. The van der Waals surface area contributed by atoms with E-state index >= 15 is 0 Å². The fourth-order valence-electron chi connectivity index (χ4n) is 2.54. The molecule has 0 aliphatic heterocycles. The second kappa shape index (κ2) is 9.03. The number of allylic oxidation sites excluding steroid dienone is 4. The SMILES string of the molecule is CC1=CCC(CC(=O)Nc2ccc(CC(=O)NCCN)cc2)C=C1. The second-order valence-electron chi connectivity index (χ2n) is 6.07. The lowest BCUT2D eigenvalue weighted by atomic mass is 9.94. The number of carbonyl (C=O) groups excluding carboxylic acids is 2. The van der Waals surface area contributed by atoms with E-state index in [4.69, 9.17) is 5.73 Å². The van der Waals surface area contributed by atoms with Crippen LogP contribution in [0, 0.1) is 5.92 Å². The smallest absolute Gasteiger partial charge is 0.224 e. The number of amides is 2. The summed E-state index contributed by atoms with van der Waals surface area (Å²) in [6.07, 6.45) is 8.01. The molecule has 0 saturated heterocycles. The Bertz CT molecular complexity index is 633. The molecule has 2 amide bonds. The van der Waals surface area contributed by atoms with Crippen LogP contribution in [0.2, 0.25) is 0 Å². The largest absolute Gasteiger partial charge is 0.355 e. The highest BCUT2D eigenvalue weighted by Crippen LogP contribution is 2.20. The number of benzene rings is 1. The molecule has 5 nitrogen and oxygen atoms in total. The van der Waals surface area contributed by atoms with Gasteiger partial charge >= 0.3 is 0 Å². The van der Waals surface area contributed by atoms with Crippen LogP contribution in [0.3, 0.4) is 0 Å². The summed E-state index contributed by atoms with van der Waals surface area (Å²) in [5, 5.41) is 5.64. The molecule has 1 aromatic carbocycles. The molecule has 2 rings (SSSR count). The predicted molar refractivity (Wildman–Crippen MR) is 96.5 cm³/mol. The van der Waals surface area contributed by atoms with E-state index in [-0.39, 0.29) is 17.7 Å². The number of hydrogen-bond acceptors (Lipinski definition) is 3. The van der Waals surface area contributed by atoms with Crippen LogP contribution in [0.15, 0.2) is 48.1 Å². The van der Waals surface area contributed by atoms with E-state index < -0.39 is 0 Å². The third-order valence-electron chi connectivity index (χ3n) is 3.89. The molecule has 0 heterocycles. The van der Waals surface area contributed by atoms with Gasteiger partial charge in [-0.05, 0) is 37.0 Å². The summed E-state index contributed by atoms with van der Waals surface area (Å²) < 4.78 is 0. The van der Waals surface area contributed by atoms with Gasteiger partial charge in [0.2, 0.25) is 11.8 Å². The number of carbonyl (C=O) groups is 2. The van der Waals surface area contributed by atoms with Crippen molar-refractivity contribution in [3.8, 4) is 0 Å². The molecule has 0 radical (unpaired) electrons. The predicted octanol–water partition coefficient (Wildman–Crippen LogP) is 2.15. The standard InChI is InChI=1S/C19H25N3O2/c1-14-2-4-15(5-3-14)13-19(24)22-17-8-6-16(7-9-17)12-18(23)21-11-10-20/h2-4,6-9,15H,5,10-13,20H2,1H3,(H,21,23)(H,22,24). The summed E-state index contributed by atoms with van der Waals surface area (Å²) in [6, 6.07) is 7.35. The van der Waals surface area contributed by atoms with Gasteiger partial charge in [-0.15, -0.1) is 0 Å². The molecule has 0 spiro atoms. The molecule has 1 aromatic rings. The van der Waals surface area contributed by atoms with E-state index in [1.165, 1.54) is 5.57 Å². The monoisotopic (exact) mass is 327 g/mol. The Morgan fingerprint density at radius 1 is 1.21 bits per heavy atom. The fraction of sp³-hybridized carbons (Fsp3) is 0.368. The molecule has 1 aliphatic carbocycles. The van der Waals surface area contributed by atoms with Gasteiger partial charge in [0, 0.05) is 25.2 Å². The van der Waals surface area contributed by atoms with Gasteiger partial charge in [0.05, 0.1) is 6.42 Å². The van der Waals surface area contributed by atoms with Gasteiger partial charge in [0.15, 0.2) is 0 Å². The van der Waals surface area contributed by atoms with E-state index in [9.17, 15) is 9.59 Å². The first-order chi connectivity index (χ1) is 11.6. The molecular weight excluding hydrogens is 302 g/mol. The Hall–Kier alpha value is -2.40. The van der Waals surface area contributed by atoms with Crippen LogP contribution in [0.5, 0.6) is 0 Å². The average Bonchev–Trinajstić information content (AvgIpc) is 2.57. The minimum atomic E-state index is -0.0512. The van der Waals surface area contributed by atoms with Gasteiger partial charge in [0.25, 0.3) is 0 Å². The Balaban J connectivity index is 1.79. The second-order valence-corrected chi connectivity index (χ2v) is 6.07. The lowest BCUT2D eigenvalue weighted by Crippen LogP contribution is -2.30. The van der Waals surface area contributed by atoms with Crippen LogP contribution >= 0.6 is 0 Å². The molecule has 1 unspecified atom stereocenters. The Kier molecular flexibility index (Phi) is 6.75. The molecule has 1 atom stereocenters. The van der Waals surface area contributed by atoms with E-state index in [1.54, 1.807) is 0 Å². The topological polar surface area (TPSA) is 84.2 Å². The number of nitrogens with one attached hydrogen (secondary N) is 2. The van der Waals surface area contributed by atoms with Gasteiger partial charge in [-0.25, -0.2) is 0 Å². The van der Waals surface area contributed by atoms with Crippen molar-refractivity contribution in [1.82, 2.24) is 5.32 Å². The van der Waals surface area contributed by atoms with E-state index in [1.807, 2.05) is 24.3 Å². The zero-order valence-corrected chi connectivity index (χ0v) is 14.0. The summed E-state index contributed by atoms with van der Waals surface area (Å²) in [6.45, 7) is 2.98. The van der Waals surface area contributed by atoms with Crippen molar-refractivity contribution < 1.29 is 9.59 Å². The molecule has 4 N–H and O–H groups in total. The molecule has 5 heteroatoms. The highest BCUT2D eigenvalue weighted by Gasteiger charge is 2.12. The molecule has 0 aromatic heterocycles. The van der Waals surface area contributed by atoms with Crippen LogP contribution in [0.4, 0.5) is 5.69 Å². The van der Waals surface area contributed by atoms with Crippen molar-refractivity contribution in [2.24, 2.45) is 11.7 Å². The first kappa shape index (κ1) is 17.9. The Morgan fingerprint density at radius 3 is 2.58 bits per heavy atom. The third kappa shape index (κ3) is 6.01. The van der Waals surface area contributed by atoms with Gasteiger partial charge in [-0.2, -0.15) is 0 Å². The van der Waals surface area contributed by atoms with E-state index in [0.29, 0.717) is 25.9 Å². The van der Waals surface area contributed by atoms with Crippen molar-refractivity contribution in [2.45, 2.75) is 26.2 Å². The van der Waals surface area contributed by atoms with Crippen LogP contribution < -0.4 is 16.4 Å². The van der Waals surface area contributed by atoms with E-state index in [2.05, 4.69) is 35.8 Å². The van der Waals surface area contributed by atoms with Crippen molar-refractivity contribution in [1.29, 1.82) is 0 Å². The fourth-order valence-corrected chi connectivity index (χ4v) is 2.54. The molecule has 1 aliphatic rings. The minimum Gasteiger partial charge on any atom is -0.355 e. The highest BCUT2D eigenvalue weighted by atomic mass is 16.2. The third-order valence-corrected chi connectivity index (χ3v) is 3.89. The van der Waals surface area contributed by atoms with Crippen molar-refractivity contribution in [3.63, 3.8) is 0 Å². The van der Waals surface area contributed by atoms with Gasteiger partial charge in [-0.3, -0.25) is 9.59 Å². The zero-order chi connectivity index (χ0) is 17.4. The average molecular weight is 327 g/mol. The summed E-state index contributed by atoms with van der Waals surface area (Å²) >= 11 is 0. The highest BCUT2D eigenvalue weighted by molar-refractivity contribution is 5.91. The molecule has 0 fully saturated rings. The lowest BCUT2D eigenvalue weighted by Gasteiger charge is -2.14. The maximum absolute atomic E-state index is 12.1. The summed E-state index contributed by atoms with van der Waals surface area (Å²) in [5.41, 5.74) is 8.24. The summed E-state index contributed by atoms with van der Waals surface area (Å²) in [5.74, 6) is 0.218. The normalized spacial score (nSPS) is 16.4. The first-order valence-electron chi connectivity index (χ1n) is 8.27. The Morgan fingerprint density at radius 2 is 1.96 bits per heavy atom. The van der Waals surface area contributed by atoms with E-state index in [0.717, 1.165) is 17.7 Å². The lowest BCUT2D eigenvalue weighted by molar-refractivity contribution is -0.120. The van der Waals surface area contributed by atoms with Crippen LogP contribution in [-0.2, 0) is 16.0 Å². The van der Waals surface area contributed by atoms with Gasteiger partial charge < -0.3 is 16.4 Å². The minimum absolute atomic E-state index is 0.00559. The van der Waals surface area contributed by atoms with Crippen LogP contribution in [0.1, 0.15) is 25.3 Å². The first-order valence-corrected chi connectivity index (χ1v) is 8.27. The quantitative estimate of drug-likeness (QED) is 0.717. The number of rotatable bonds is 7. The molecule has 24 heavy (non-hydrogen) atoms.